The van der Waals surface area contributed by atoms with Crippen molar-refractivity contribution in [2.24, 2.45) is 5.84 Å². The smallest absolute Gasteiger partial charge is 0.218 e. The minimum atomic E-state index is 0. The molecule has 3 N–H and O–H groups in total. The van der Waals surface area contributed by atoms with Gasteiger partial charge in [0.05, 0.1) is 12.6 Å². The maximum Gasteiger partial charge on any atom is 0.218 e. The van der Waals surface area contributed by atoms with Crippen molar-refractivity contribution in [3.05, 3.63) is 35.5 Å². The second kappa shape index (κ2) is 15.1. The van der Waals surface area contributed by atoms with E-state index in [-0.39, 0.29) is 32.7 Å². The monoisotopic (exact) mass is 451 g/mol. The number of likely N-dealkylation sites (N-methyl/N-ethyl adjacent to an activating group) is 1. The minimum Gasteiger partial charge on any atom is -0.536 e. The van der Waals surface area contributed by atoms with Crippen LogP contribution in [-0.2, 0) is 43.9 Å². The Morgan fingerprint density at radius 2 is 2.07 bits per heavy atom. The van der Waals surface area contributed by atoms with Gasteiger partial charge >= 0.3 is 0 Å². The van der Waals surface area contributed by atoms with Gasteiger partial charge in [-0.2, -0.15) is 0 Å². The number of carbonyl (C=O) groups is 1. The number of hydrogen-bond donors (Lipinski definition) is 2. The summed E-state index contributed by atoms with van der Waals surface area (Å²) in [6, 6.07) is 5.83. The summed E-state index contributed by atoms with van der Waals surface area (Å²) in [5, 5.41) is 1.12. The summed E-state index contributed by atoms with van der Waals surface area (Å²) in [7, 11) is 5.71. The normalized spacial score (nSPS) is 10.3. The number of unbranched alkanes of at least 4 members (excludes halogenated alkanes) is 2. The Balaban J connectivity index is 0.000000645. The Hall–Kier alpha value is -0.826. The number of nitrogens with one attached hydrogen (secondary N) is 1. The maximum absolute atomic E-state index is 11.1. The largest absolute Gasteiger partial charge is 0.536 e. The van der Waals surface area contributed by atoms with Gasteiger partial charge in [-0.05, 0) is 51.2 Å². The molecular weight excluding hydrogens is 419 g/mol. The molecule has 0 aliphatic heterocycles. The summed E-state index contributed by atoms with van der Waals surface area (Å²) in [6.45, 7) is 4.04. The van der Waals surface area contributed by atoms with Crippen molar-refractivity contribution < 1.29 is 42.2 Å². The molecule has 0 atom stereocenters. The number of fused-ring (bicyclic) bond motifs is 1. The molecule has 27 heavy (non-hydrogen) atoms. The molecule has 0 saturated heterocycles. The summed E-state index contributed by atoms with van der Waals surface area (Å²) >= 11 is 0. The summed E-state index contributed by atoms with van der Waals surface area (Å²) in [4.78, 5) is 13.2. The second-order valence-corrected chi connectivity index (χ2v) is 6.35. The van der Waals surface area contributed by atoms with E-state index in [4.69, 9.17) is 10.6 Å². The number of aromatic nitrogens is 1. The van der Waals surface area contributed by atoms with Crippen LogP contribution in [0.25, 0.3) is 16.4 Å². The number of rotatable bonds is 10. The molecule has 2 rings (SSSR count). The van der Waals surface area contributed by atoms with Gasteiger partial charge in [-0.3, -0.25) is 9.36 Å². The van der Waals surface area contributed by atoms with E-state index < -0.39 is 0 Å². The molecule has 0 aliphatic carbocycles. The minimum absolute atomic E-state index is 0. The van der Waals surface area contributed by atoms with Crippen molar-refractivity contribution in [2.45, 2.75) is 32.6 Å². The fourth-order valence-corrected chi connectivity index (χ4v) is 2.58. The fourth-order valence-electron chi connectivity index (χ4n) is 2.58. The molecular formula is C19H32N5O2Y-. The van der Waals surface area contributed by atoms with Crippen LogP contribution in [0.5, 0.6) is 5.75 Å². The van der Waals surface area contributed by atoms with E-state index in [0.29, 0.717) is 0 Å². The molecule has 1 aromatic heterocycles. The van der Waals surface area contributed by atoms with Crippen molar-refractivity contribution in [1.82, 2.24) is 14.9 Å². The molecule has 2 aromatic rings. The predicted molar refractivity (Wildman–Crippen MR) is 108 cm³/mol. The van der Waals surface area contributed by atoms with Gasteiger partial charge in [-0.25, -0.2) is 0 Å². The number of methoxy groups -OCH3 is 1. The van der Waals surface area contributed by atoms with E-state index in [1.807, 2.05) is 38.5 Å². The number of ether oxygens (including phenoxy) is 1. The Labute approximate surface area is 187 Å². The van der Waals surface area contributed by atoms with Gasteiger partial charge in [0.2, 0.25) is 6.41 Å². The first-order valence-corrected chi connectivity index (χ1v) is 8.97. The predicted octanol–water partition coefficient (Wildman–Crippen LogP) is 2.72. The quantitative estimate of drug-likeness (QED) is 0.251. The molecule has 1 heterocycles. The Morgan fingerprint density at radius 1 is 1.33 bits per heavy atom. The summed E-state index contributed by atoms with van der Waals surface area (Å²) in [6.07, 6.45) is 7.32. The molecule has 0 saturated carbocycles. The zero-order valence-electron chi connectivity index (χ0n) is 16.9. The van der Waals surface area contributed by atoms with Crippen LogP contribution in [0.15, 0.2) is 24.4 Å². The van der Waals surface area contributed by atoms with Gasteiger partial charge in [-0.15, -0.1) is 0 Å². The van der Waals surface area contributed by atoms with Crippen LogP contribution in [0.1, 0.15) is 31.7 Å². The first-order valence-electron chi connectivity index (χ1n) is 8.97. The van der Waals surface area contributed by atoms with E-state index in [2.05, 4.69) is 22.8 Å². The fraction of sp³-hybridized carbons (Fsp3) is 0.526. The molecule has 0 spiro atoms. The van der Waals surface area contributed by atoms with Gasteiger partial charge < -0.3 is 26.4 Å². The van der Waals surface area contributed by atoms with Gasteiger partial charge in [0.1, 0.15) is 5.75 Å². The van der Waals surface area contributed by atoms with E-state index in [1.54, 1.807) is 11.7 Å². The Morgan fingerprint density at radius 3 is 2.63 bits per heavy atom. The summed E-state index contributed by atoms with van der Waals surface area (Å²) < 4.78 is 6.81. The zero-order chi connectivity index (χ0) is 19.4. The molecule has 0 aliphatic rings. The third-order valence-corrected chi connectivity index (χ3v) is 4.05. The molecule has 0 bridgehead atoms. The number of benzene rings is 1. The number of nitrogens with zero attached hydrogens (tertiary/aromatic N) is 3. The average Bonchev–Trinajstić information content (AvgIpc) is 3.01. The third kappa shape index (κ3) is 9.28. The van der Waals surface area contributed by atoms with Crippen molar-refractivity contribution >= 4 is 17.3 Å². The van der Waals surface area contributed by atoms with Gasteiger partial charge in [-0.1, -0.05) is 19.8 Å². The molecule has 149 valence electrons. The first kappa shape index (κ1) is 26.2. The van der Waals surface area contributed by atoms with E-state index in [1.165, 1.54) is 18.4 Å². The number of nitrogens with two attached hydrogens (primary N) is 1. The molecule has 1 aromatic carbocycles. The first-order chi connectivity index (χ1) is 12.6. The van der Waals surface area contributed by atoms with Crippen LogP contribution >= 0.6 is 0 Å². The molecule has 0 fully saturated rings. The number of hydrogen-bond acceptors (Lipinski definition) is 5. The standard InChI is InChI=1S/C14H18N2O2.C5H14N3.Y/c1-15(2)7-6-11-9-16(10-17)14-8-12(18-3)4-5-13(11)14;1-2-3-4-5-7-8-6;/h4-5,8-10H,6-7H2,1-3H3;7H,2-6H2,1H3;/q;-1;. The zero-order valence-corrected chi connectivity index (χ0v) is 19.8. The van der Waals surface area contributed by atoms with Gasteiger partial charge in [0.25, 0.3) is 0 Å². The topological polar surface area (TPSA) is 86.6 Å². The Bertz CT molecular complexity index is 655. The van der Waals surface area contributed by atoms with E-state index >= 15 is 0 Å². The van der Waals surface area contributed by atoms with Crippen LogP contribution in [0.2, 0.25) is 0 Å². The van der Waals surface area contributed by atoms with Crippen LogP contribution in [0, 0.1) is 0 Å². The second-order valence-electron chi connectivity index (χ2n) is 6.35. The summed E-state index contributed by atoms with van der Waals surface area (Å²) in [5.74, 6) is 5.59. The molecule has 1 radical (unpaired) electrons. The van der Waals surface area contributed by atoms with E-state index in [0.717, 1.165) is 49.0 Å². The van der Waals surface area contributed by atoms with E-state index in [9.17, 15) is 4.79 Å². The maximum atomic E-state index is 11.1. The van der Waals surface area contributed by atoms with Crippen LogP contribution in [0.3, 0.4) is 0 Å². The van der Waals surface area contributed by atoms with Crippen molar-refractivity contribution in [3.8, 4) is 5.75 Å². The SMILES string of the molecule is CCCCCN[N-]N.COc1ccc2c(CCN(C)C)cn(C=O)c2c1.[Y]. The van der Waals surface area contributed by atoms with Crippen molar-refractivity contribution in [3.63, 3.8) is 0 Å². The molecule has 8 heteroatoms. The van der Waals surface area contributed by atoms with Gasteiger partial charge in [0.15, 0.2) is 0 Å². The third-order valence-electron chi connectivity index (χ3n) is 4.05. The van der Waals surface area contributed by atoms with Crippen LogP contribution < -0.4 is 16.0 Å². The van der Waals surface area contributed by atoms with Gasteiger partial charge in [0, 0.05) is 56.9 Å². The number of carbonyl (C=O) groups excluding carboxylic acids is 1. The van der Waals surface area contributed by atoms with Crippen molar-refractivity contribution in [1.29, 1.82) is 0 Å². The average molecular weight is 451 g/mol. The molecule has 7 nitrogen and oxygen atoms in total. The summed E-state index contributed by atoms with van der Waals surface area (Å²) in [5.41, 5.74) is 8.03. The van der Waals surface area contributed by atoms with Crippen LogP contribution in [-0.4, -0.2) is 50.2 Å². The molecule has 0 amide bonds. The van der Waals surface area contributed by atoms with Crippen LogP contribution in [0.4, 0.5) is 0 Å². The molecule has 0 unspecified atom stereocenters. The Kier molecular flexibility index (Phi) is 14.7. The van der Waals surface area contributed by atoms with Crippen molar-refractivity contribution in [2.75, 3.05) is 34.3 Å².